The highest BCUT2D eigenvalue weighted by Crippen LogP contribution is 2.26. The van der Waals surface area contributed by atoms with Crippen molar-refractivity contribution in [1.82, 2.24) is 9.78 Å². The number of aldehydes is 1. The van der Waals surface area contributed by atoms with Gasteiger partial charge in [-0.15, -0.1) is 0 Å². The number of carbonyl (C=O) groups excluding carboxylic acids is 1. The van der Waals surface area contributed by atoms with Gasteiger partial charge >= 0.3 is 0 Å². The summed E-state index contributed by atoms with van der Waals surface area (Å²) in [4.78, 5) is 10.7. The number of hydrogen-bond acceptors (Lipinski definition) is 2. The second kappa shape index (κ2) is 3.93. The van der Waals surface area contributed by atoms with E-state index in [0.717, 1.165) is 28.7 Å². The summed E-state index contributed by atoms with van der Waals surface area (Å²) >= 11 is 0. The molecule has 0 saturated heterocycles. The van der Waals surface area contributed by atoms with Crippen molar-refractivity contribution < 1.29 is 4.79 Å². The van der Waals surface area contributed by atoms with E-state index in [-0.39, 0.29) is 0 Å². The van der Waals surface area contributed by atoms with Gasteiger partial charge in [0.1, 0.15) is 6.29 Å². The van der Waals surface area contributed by atoms with Gasteiger partial charge in [0.15, 0.2) is 0 Å². The molecule has 0 bridgehead atoms. The van der Waals surface area contributed by atoms with Gasteiger partial charge in [-0.05, 0) is 31.0 Å². The average molecular weight is 214 g/mol. The maximum absolute atomic E-state index is 10.7. The van der Waals surface area contributed by atoms with Crippen LogP contribution in [0.2, 0.25) is 0 Å². The van der Waals surface area contributed by atoms with E-state index in [1.807, 2.05) is 45.3 Å². The Bertz CT molecular complexity index is 541. The molecule has 3 nitrogen and oxygen atoms in total. The van der Waals surface area contributed by atoms with Gasteiger partial charge in [-0.3, -0.25) is 9.48 Å². The van der Waals surface area contributed by atoms with Crippen LogP contribution in [0.1, 0.15) is 21.6 Å². The van der Waals surface area contributed by atoms with Gasteiger partial charge in [0.05, 0.1) is 5.69 Å². The van der Waals surface area contributed by atoms with Gasteiger partial charge in [-0.1, -0.05) is 12.1 Å². The smallest absolute Gasteiger partial charge is 0.150 e. The van der Waals surface area contributed by atoms with Gasteiger partial charge in [0, 0.05) is 24.4 Å². The highest BCUT2D eigenvalue weighted by atomic mass is 16.1. The topological polar surface area (TPSA) is 34.9 Å². The summed E-state index contributed by atoms with van der Waals surface area (Å²) in [6.45, 7) is 4.00. The van der Waals surface area contributed by atoms with Crippen molar-refractivity contribution in [3.63, 3.8) is 0 Å². The lowest BCUT2D eigenvalue weighted by Gasteiger charge is -2.04. The second-order valence-corrected chi connectivity index (χ2v) is 3.99. The number of rotatable bonds is 2. The first kappa shape index (κ1) is 10.6. The van der Waals surface area contributed by atoms with Crippen LogP contribution in [0, 0.1) is 13.8 Å². The average Bonchev–Trinajstić information content (AvgIpc) is 2.57. The van der Waals surface area contributed by atoms with Crippen molar-refractivity contribution in [2.45, 2.75) is 13.8 Å². The van der Waals surface area contributed by atoms with Crippen LogP contribution in [0.15, 0.2) is 24.4 Å². The summed E-state index contributed by atoms with van der Waals surface area (Å²) in [6.07, 6.45) is 2.87. The van der Waals surface area contributed by atoms with Crippen LogP contribution in [0.5, 0.6) is 0 Å². The van der Waals surface area contributed by atoms with Gasteiger partial charge in [-0.25, -0.2) is 0 Å². The maximum Gasteiger partial charge on any atom is 0.150 e. The molecule has 0 spiro atoms. The van der Waals surface area contributed by atoms with Crippen LogP contribution < -0.4 is 0 Å². The van der Waals surface area contributed by atoms with Gasteiger partial charge < -0.3 is 0 Å². The van der Waals surface area contributed by atoms with Gasteiger partial charge in [0.2, 0.25) is 0 Å². The number of aryl methyl sites for hydroxylation is 3. The van der Waals surface area contributed by atoms with E-state index in [1.165, 1.54) is 0 Å². The Kier molecular flexibility index (Phi) is 2.60. The minimum Gasteiger partial charge on any atom is -0.298 e. The molecular weight excluding hydrogens is 200 g/mol. The minimum atomic E-state index is 0.711. The summed E-state index contributed by atoms with van der Waals surface area (Å²) in [5.74, 6) is 0. The van der Waals surface area contributed by atoms with E-state index in [4.69, 9.17) is 0 Å². The Hall–Kier alpha value is -1.90. The molecule has 0 aliphatic rings. The monoisotopic (exact) mass is 214 g/mol. The largest absolute Gasteiger partial charge is 0.298 e. The second-order valence-electron chi connectivity index (χ2n) is 3.99. The molecule has 0 N–H and O–H groups in total. The standard InChI is InChI=1S/C13H14N2O/c1-9-6-11(8-16)4-5-12(9)13-7-15(3)14-10(13)2/h4-8H,1-3H3. The van der Waals surface area contributed by atoms with Crippen LogP contribution >= 0.6 is 0 Å². The summed E-state index contributed by atoms with van der Waals surface area (Å²) in [7, 11) is 1.91. The van der Waals surface area contributed by atoms with Crippen LogP contribution in [-0.2, 0) is 7.05 Å². The van der Waals surface area contributed by atoms with Gasteiger partial charge in [-0.2, -0.15) is 5.10 Å². The third-order valence-electron chi connectivity index (χ3n) is 2.69. The zero-order chi connectivity index (χ0) is 11.7. The quantitative estimate of drug-likeness (QED) is 0.720. The van der Waals surface area contributed by atoms with Crippen molar-refractivity contribution in [2.75, 3.05) is 0 Å². The minimum absolute atomic E-state index is 0.711. The van der Waals surface area contributed by atoms with Crippen LogP contribution in [0.3, 0.4) is 0 Å². The molecule has 0 saturated carbocycles. The fraction of sp³-hybridized carbons (Fsp3) is 0.231. The Balaban J connectivity index is 2.56. The molecule has 0 amide bonds. The van der Waals surface area contributed by atoms with Crippen LogP contribution in [0.25, 0.3) is 11.1 Å². The zero-order valence-corrected chi connectivity index (χ0v) is 9.69. The molecule has 0 aliphatic carbocycles. The Morgan fingerprint density at radius 1 is 1.25 bits per heavy atom. The maximum atomic E-state index is 10.7. The number of benzene rings is 1. The molecule has 0 atom stereocenters. The molecule has 0 fully saturated rings. The van der Waals surface area contributed by atoms with Crippen molar-refractivity contribution in [2.24, 2.45) is 7.05 Å². The van der Waals surface area contributed by atoms with Crippen LogP contribution in [-0.4, -0.2) is 16.1 Å². The predicted octanol–water partition coefficient (Wildman–Crippen LogP) is 2.52. The third kappa shape index (κ3) is 1.76. The molecule has 1 aromatic carbocycles. The first-order chi connectivity index (χ1) is 7.61. The third-order valence-corrected chi connectivity index (χ3v) is 2.69. The van der Waals surface area contributed by atoms with E-state index in [1.54, 1.807) is 4.68 Å². The number of aromatic nitrogens is 2. The lowest BCUT2D eigenvalue weighted by atomic mass is 9.99. The van der Waals surface area contributed by atoms with E-state index >= 15 is 0 Å². The lowest BCUT2D eigenvalue weighted by molar-refractivity contribution is 0.112. The van der Waals surface area contributed by atoms with Gasteiger partial charge in [0.25, 0.3) is 0 Å². The summed E-state index contributed by atoms with van der Waals surface area (Å²) in [5, 5.41) is 4.32. The molecule has 2 aromatic rings. The van der Waals surface area contributed by atoms with Crippen molar-refractivity contribution in [3.05, 3.63) is 41.2 Å². The first-order valence-corrected chi connectivity index (χ1v) is 5.18. The molecular formula is C13H14N2O. The lowest BCUT2D eigenvalue weighted by Crippen LogP contribution is -1.87. The zero-order valence-electron chi connectivity index (χ0n) is 9.69. The molecule has 1 heterocycles. The Morgan fingerprint density at radius 2 is 2.00 bits per heavy atom. The highest BCUT2D eigenvalue weighted by Gasteiger charge is 2.08. The number of nitrogens with zero attached hydrogens (tertiary/aromatic N) is 2. The Morgan fingerprint density at radius 3 is 2.50 bits per heavy atom. The normalized spacial score (nSPS) is 10.4. The SMILES string of the molecule is Cc1cc(C=O)ccc1-c1cn(C)nc1C. The van der Waals surface area contributed by atoms with E-state index in [2.05, 4.69) is 5.10 Å². The molecule has 2 rings (SSSR count). The van der Waals surface area contributed by atoms with Crippen molar-refractivity contribution in [1.29, 1.82) is 0 Å². The van der Waals surface area contributed by atoms with Crippen LogP contribution in [0.4, 0.5) is 0 Å². The number of carbonyl (C=O) groups is 1. The molecule has 16 heavy (non-hydrogen) atoms. The van der Waals surface area contributed by atoms with Crippen molar-refractivity contribution >= 4 is 6.29 Å². The fourth-order valence-corrected chi connectivity index (χ4v) is 1.93. The summed E-state index contributed by atoms with van der Waals surface area (Å²) < 4.78 is 1.80. The molecule has 3 heteroatoms. The fourth-order valence-electron chi connectivity index (χ4n) is 1.93. The molecule has 82 valence electrons. The molecule has 0 radical (unpaired) electrons. The van der Waals surface area contributed by atoms with E-state index < -0.39 is 0 Å². The highest BCUT2D eigenvalue weighted by molar-refractivity contribution is 5.78. The molecule has 0 unspecified atom stereocenters. The summed E-state index contributed by atoms with van der Waals surface area (Å²) in [6, 6.07) is 5.71. The molecule has 0 aliphatic heterocycles. The van der Waals surface area contributed by atoms with E-state index in [9.17, 15) is 4.79 Å². The number of hydrogen-bond donors (Lipinski definition) is 0. The Labute approximate surface area is 94.7 Å². The summed E-state index contributed by atoms with van der Waals surface area (Å²) in [5.41, 5.74) is 5.07. The predicted molar refractivity (Wildman–Crippen MR) is 63.5 cm³/mol. The molecule has 1 aromatic heterocycles. The first-order valence-electron chi connectivity index (χ1n) is 5.18. The van der Waals surface area contributed by atoms with Crippen molar-refractivity contribution in [3.8, 4) is 11.1 Å². The van der Waals surface area contributed by atoms with E-state index in [0.29, 0.717) is 5.56 Å².